The number of aromatic nitrogens is 2. The molecule has 142 valence electrons. The molecule has 1 aliphatic rings. The molecule has 7 heteroatoms. The maximum absolute atomic E-state index is 12.9. The van der Waals surface area contributed by atoms with Crippen LogP contribution in [0.25, 0.3) is 0 Å². The average molecular weight is 456 g/mol. The summed E-state index contributed by atoms with van der Waals surface area (Å²) in [4.78, 5) is 32.6. The normalized spacial score (nSPS) is 15.8. The molecule has 5 nitrogen and oxygen atoms in total. The fraction of sp³-hybridized carbons (Fsp3) is 0.190. The Balaban J connectivity index is 1.68. The maximum atomic E-state index is 12.9. The Bertz CT molecular complexity index is 1110. The lowest BCUT2D eigenvalue weighted by molar-refractivity contribution is -0.116. The number of benzene rings is 2. The number of fused-ring (bicyclic) bond motifs is 1. The minimum atomic E-state index is -0.328. The fourth-order valence-electron chi connectivity index (χ4n) is 3.36. The van der Waals surface area contributed by atoms with Crippen LogP contribution in [0.4, 0.5) is 5.82 Å². The Labute approximate surface area is 175 Å². The summed E-state index contributed by atoms with van der Waals surface area (Å²) in [6, 6.07) is 15.8. The minimum Gasteiger partial charge on any atom is -0.310 e. The smallest absolute Gasteiger partial charge is 0.257 e. The zero-order chi connectivity index (χ0) is 19.7. The number of hydrogen-bond donors (Lipinski definition) is 2. The highest BCUT2D eigenvalue weighted by molar-refractivity contribution is 9.10. The van der Waals surface area contributed by atoms with Crippen LogP contribution in [-0.4, -0.2) is 15.9 Å². The van der Waals surface area contributed by atoms with Crippen molar-refractivity contribution in [1.29, 1.82) is 0 Å². The van der Waals surface area contributed by atoms with Crippen LogP contribution in [0.2, 0.25) is 0 Å². The van der Waals surface area contributed by atoms with E-state index in [0.717, 1.165) is 10.0 Å². The number of carbonyl (C=O) groups is 1. The molecule has 2 N–H and O–H groups in total. The highest BCUT2D eigenvalue weighted by Crippen LogP contribution is 2.37. The molecule has 0 fully saturated rings. The van der Waals surface area contributed by atoms with Crippen molar-refractivity contribution >= 4 is 39.4 Å². The number of thioether (sulfide) groups is 1. The van der Waals surface area contributed by atoms with Crippen molar-refractivity contribution < 1.29 is 4.79 Å². The van der Waals surface area contributed by atoms with Gasteiger partial charge in [0.25, 0.3) is 5.56 Å². The number of hydrogen-bond acceptors (Lipinski definition) is 4. The van der Waals surface area contributed by atoms with Gasteiger partial charge >= 0.3 is 0 Å². The van der Waals surface area contributed by atoms with Gasteiger partial charge in [-0.1, -0.05) is 70.2 Å². The third-order valence-electron chi connectivity index (χ3n) is 4.84. The number of nitrogens with one attached hydrogen (secondary N) is 2. The van der Waals surface area contributed by atoms with Gasteiger partial charge in [0.1, 0.15) is 5.82 Å². The third kappa shape index (κ3) is 3.77. The number of rotatable bonds is 4. The van der Waals surface area contributed by atoms with Crippen molar-refractivity contribution in [3.63, 3.8) is 0 Å². The van der Waals surface area contributed by atoms with E-state index in [2.05, 4.69) is 50.3 Å². The SMILES string of the molecule is Cc1ccccc1CSc1nc2c(c(=O)[nH]1)C(c1ccccc1Br)CC(=O)N2. The third-order valence-corrected chi connectivity index (χ3v) is 6.48. The van der Waals surface area contributed by atoms with Crippen LogP contribution >= 0.6 is 27.7 Å². The number of aryl methyl sites for hydroxylation is 1. The van der Waals surface area contributed by atoms with Gasteiger partial charge in [-0.3, -0.25) is 9.59 Å². The van der Waals surface area contributed by atoms with Crippen LogP contribution in [-0.2, 0) is 10.5 Å². The first-order chi connectivity index (χ1) is 13.5. The highest BCUT2D eigenvalue weighted by atomic mass is 79.9. The van der Waals surface area contributed by atoms with Crippen molar-refractivity contribution in [3.05, 3.63) is 85.6 Å². The number of H-pyrrole nitrogens is 1. The van der Waals surface area contributed by atoms with E-state index in [1.165, 1.54) is 22.9 Å². The standard InChI is InChI=1S/C21H18BrN3O2S/c1-12-6-2-3-7-13(12)11-28-21-24-19-18(20(27)25-21)15(10-17(26)23-19)14-8-4-5-9-16(14)22/h2-9,15H,10-11H2,1H3,(H2,23,24,25,26,27). The van der Waals surface area contributed by atoms with E-state index in [-0.39, 0.29) is 23.8 Å². The van der Waals surface area contributed by atoms with Gasteiger partial charge in [-0.25, -0.2) is 4.98 Å². The molecule has 0 bridgehead atoms. The van der Waals surface area contributed by atoms with Crippen LogP contribution in [0, 0.1) is 6.92 Å². The zero-order valence-corrected chi connectivity index (χ0v) is 17.6. The van der Waals surface area contributed by atoms with Gasteiger partial charge in [-0.2, -0.15) is 0 Å². The van der Waals surface area contributed by atoms with Gasteiger partial charge in [0.2, 0.25) is 5.91 Å². The molecule has 3 aromatic rings. The molecule has 28 heavy (non-hydrogen) atoms. The lowest BCUT2D eigenvalue weighted by Crippen LogP contribution is -2.31. The fourth-order valence-corrected chi connectivity index (χ4v) is 4.86. The van der Waals surface area contributed by atoms with E-state index in [1.54, 1.807) is 0 Å². The molecule has 1 atom stereocenters. The van der Waals surface area contributed by atoms with E-state index in [4.69, 9.17) is 0 Å². The second-order valence-corrected chi connectivity index (χ2v) is 8.49. The van der Waals surface area contributed by atoms with E-state index >= 15 is 0 Å². The lowest BCUT2D eigenvalue weighted by Gasteiger charge is -2.25. The van der Waals surface area contributed by atoms with E-state index in [1.807, 2.05) is 36.4 Å². The summed E-state index contributed by atoms with van der Waals surface area (Å²) in [6.45, 7) is 2.06. The Morgan fingerprint density at radius 1 is 1.14 bits per heavy atom. The van der Waals surface area contributed by atoms with Crippen molar-refractivity contribution in [2.45, 2.75) is 30.2 Å². The molecule has 1 amide bonds. The second kappa shape index (κ2) is 7.93. The summed E-state index contributed by atoms with van der Waals surface area (Å²) >= 11 is 4.98. The van der Waals surface area contributed by atoms with Gasteiger partial charge in [0.05, 0.1) is 5.56 Å². The molecule has 1 unspecified atom stereocenters. The zero-order valence-electron chi connectivity index (χ0n) is 15.2. The molecule has 0 saturated heterocycles. The molecule has 0 spiro atoms. The summed E-state index contributed by atoms with van der Waals surface area (Å²) in [5, 5.41) is 3.27. The van der Waals surface area contributed by atoms with Crippen LogP contribution < -0.4 is 10.9 Å². The van der Waals surface area contributed by atoms with Crippen LogP contribution in [0.15, 0.2) is 63.0 Å². The first-order valence-electron chi connectivity index (χ1n) is 8.88. The first kappa shape index (κ1) is 19.0. The molecule has 0 radical (unpaired) electrons. The molecule has 0 aliphatic carbocycles. The predicted molar refractivity (Wildman–Crippen MR) is 115 cm³/mol. The number of anilines is 1. The molecule has 0 saturated carbocycles. The first-order valence-corrected chi connectivity index (χ1v) is 10.7. The Kier molecular flexibility index (Phi) is 5.37. The molecule has 2 heterocycles. The summed E-state index contributed by atoms with van der Waals surface area (Å²) in [6.07, 6.45) is 0.218. The molecule has 4 rings (SSSR count). The van der Waals surface area contributed by atoms with Gasteiger partial charge in [-0.15, -0.1) is 0 Å². The minimum absolute atomic E-state index is 0.138. The number of halogens is 1. The van der Waals surface area contributed by atoms with Crippen molar-refractivity contribution in [2.75, 3.05) is 5.32 Å². The molecule has 1 aliphatic heterocycles. The van der Waals surface area contributed by atoms with Crippen LogP contribution in [0.5, 0.6) is 0 Å². The van der Waals surface area contributed by atoms with Crippen LogP contribution in [0.1, 0.15) is 34.6 Å². The summed E-state index contributed by atoms with van der Waals surface area (Å²) in [5.41, 5.74) is 3.58. The van der Waals surface area contributed by atoms with Gasteiger partial charge in [0.15, 0.2) is 5.16 Å². The number of aromatic amines is 1. The van der Waals surface area contributed by atoms with Crippen LogP contribution in [0.3, 0.4) is 0 Å². The number of nitrogens with zero attached hydrogens (tertiary/aromatic N) is 1. The highest BCUT2D eigenvalue weighted by Gasteiger charge is 2.31. The predicted octanol–water partition coefficient (Wildman–Crippen LogP) is 4.61. The Hall–Kier alpha value is -2.38. The van der Waals surface area contributed by atoms with Crippen molar-refractivity contribution in [2.24, 2.45) is 0 Å². The Morgan fingerprint density at radius 2 is 1.89 bits per heavy atom. The summed E-state index contributed by atoms with van der Waals surface area (Å²) in [7, 11) is 0. The van der Waals surface area contributed by atoms with E-state index in [9.17, 15) is 9.59 Å². The maximum Gasteiger partial charge on any atom is 0.257 e. The van der Waals surface area contributed by atoms with Crippen molar-refractivity contribution in [3.8, 4) is 0 Å². The Morgan fingerprint density at radius 3 is 2.68 bits per heavy atom. The molecule has 2 aromatic carbocycles. The van der Waals surface area contributed by atoms with Gasteiger partial charge < -0.3 is 10.3 Å². The monoisotopic (exact) mass is 455 g/mol. The lowest BCUT2D eigenvalue weighted by atomic mass is 9.87. The number of amides is 1. The summed E-state index contributed by atoms with van der Waals surface area (Å²) < 4.78 is 0.873. The molecular formula is C21H18BrN3O2S. The summed E-state index contributed by atoms with van der Waals surface area (Å²) in [5.74, 6) is 0.580. The van der Waals surface area contributed by atoms with Gasteiger partial charge in [-0.05, 0) is 29.7 Å². The number of carbonyl (C=O) groups excluding carboxylic acids is 1. The largest absolute Gasteiger partial charge is 0.310 e. The molecular weight excluding hydrogens is 438 g/mol. The van der Waals surface area contributed by atoms with Crippen molar-refractivity contribution in [1.82, 2.24) is 9.97 Å². The van der Waals surface area contributed by atoms with Gasteiger partial charge in [0, 0.05) is 22.6 Å². The molecule has 1 aromatic heterocycles. The van der Waals surface area contributed by atoms with E-state index < -0.39 is 0 Å². The second-order valence-electron chi connectivity index (χ2n) is 6.67. The topological polar surface area (TPSA) is 74.8 Å². The van der Waals surface area contributed by atoms with E-state index in [0.29, 0.717) is 22.3 Å². The average Bonchev–Trinajstić information content (AvgIpc) is 2.67. The quantitative estimate of drug-likeness (QED) is 0.444.